The largest absolute Gasteiger partial charge is 0.422 e. The van der Waals surface area contributed by atoms with Gasteiger partial charge in [0.2, 0.25) is 3.79 Å². The lowest BCUT2D eigenvalue weighted by Crippen LogP contribution is -2.42. The number of hydrogen-bond acceptors (Lipinski definition) is 1. The van der Waals surface area contributed by atoms with E-state index in [1.807, 2.05) is 0 Å². The smallest absolute Gasteiger partial charge is 0.225 e. The normalized spacial score (nSPS) is 16.9. The molecule has 0 fully saturated rings. The second-order valence-corrected chi connectivity index (χ2v) is 6.14. The molecular weight excluding hydrogens is 269 g/mol. The first kappa shape index (κ1) is 12.6. The van der Waals surface area contributed by atoms with E-state index in [0.717, 1.165) is 0 Å². The van der Waals surface area contributed by atoms with Crippen LogP contribution in [0.2, 0.25) is 0 Å². The Morgan fingerprint density at radius 1 is 1.18 bits per heavy atom. The standard InChI is InChI=1S/C4H7Cl5OSi/c1-2(10-11)3(5,6)4(7,8)9/h2H,1,11H3. The van der Waals surface area contributed by atoms with Crippen molar-refractivity contribution < 1.29 is 4.43 Å². The molecule has 0 N–H and O–H groups in total. The van der Waals surface area contributed by atoms with Crippen LogP contribution in [-0.2, 0) is 4.43 Å². The summed E-state index contributed by atoms with van der Waals surface area (Å²) in [6.45, 7) is 1.65. The molecule has 1 atom stereocenters. The van der Waals surface area contributed by atoms with Crippen molar-refractivity contribution in [1.29, 1.82) is 0 Å². The van der Waals surface area contributed by atoms with Gasteiger partial charge in [-0.25, -0.2) is 0 Å². The fraction of sp³-hybridized carbons (Fsp3) is 1.00. The van der Waals surface area contributed by atoms with Crippen LogP contribution in [0.25, 0.3) is 0 Å². The highest BCUT2D eigenvalue weighted by molar-refractivity contribution is 6.75. The second-order valence-electron chi connectivity index (χ2n) is 2.00. The first-order valence-corrected chi connectivity index (χ1v) is 5.41. The maximum atomic E-state index is 5.73. The molecule has 0 bridgehead atoms. The third kappa shape index (κ3) is 3.11. The Bertz CT molecular complexity index is 133. The van der Waals surface area contributed by atoms with Gasteiger partial charge in [-0.05, 0) is 6.92 Å². The van der Waals surface area contributed by atoms with E-state index < -0.39 is 14.2 Å². The van der Waals surface area contributed by atoms with Crippen molar-refractivity contribution in [2.45, 2.75) is 21.2 Å². The Balaban J connectivity index is 4.45. The highest BCUT2D eigenvalue weighted by Gasteiger charge is 2.50. The molecular formula is C4H7Cl5OSi. The van der Waals surface area contributed by atoms with Gasteiger partial charge in [-0.3, -0.25) is 0 Å². The van der Waals surface area contributed by atoms with E-state index in [1.54, 1.807) is 6.92 Å². The predicted octanol–water partition coefficient (Wildman–Crippen LogP) is 2.22. The number of hydrogen-bond donors (Lipinski definition) is 0. The summed E-state index contributed by atoms with van der Waals surface area (Å²) < 4.78 is 1.73. The Kier molecular flexibility index (Phi) is 4.85. The lowest BCUT2D eigenvalue weighted by Gasteiger charge is -2.32. The average Bonchev–Trinajstić information content (AvgIpc) is 1.83. The average molecular weight is 276 g/mol. The molecule has 0 heterocycles. The van der Waals surface area contributed by atoms with Crippen molar-refractivity contribution in [3.05, 3.63) is 0 Å². The molecule has 0 spiro atoms. The number of halogens is 5. The van der Waals surface area contributed by atoms with E-state index >= 15 is 0 Å². The van der Waals surface area contributed by atoms with Crippen molar-refractivity contribution in [1.82, 2.24) is 0 Å². The molecule has 7 heteroatoms. The zero-order valence-corrected chi connectivity index (χ0v) is 11.7. The molecule has 0 aromatic heterocycles. The summed E-state index contributed by atoms with van der Waals surface area (Å²) in [7, 11) is 0.493. The molecule has 0 saturated carbocycles. The Morgan fingerprint density at radius 3 is 1.64 bits per heavy atom. The minimum Gasteiger partial charge on any atom is -0.422 e. The minimum absolute atomic E-state index is 0.493. The zero-order chi connectivity index (χ0) is 9.28. The van der Waals surface area contributed by atoms with Crippen LogP contribution in [0.4, 0.5) is 0 Å². The van der Waals surface area contributed by atoms with Crippen molar-refractivity contribution in [2.24, 2.45) is 0 Å². The lowest BCUT2D eigenvalue weighted by atomic mass is 10.3. The van der Waals surface area contributed by atoms with Gasteiger partial charge in [0, 0.05) is 0 Å². The summed E-state index contributed by atoms with van der Waals surface area (Å²) >= 11 is 28.0. The SMILES string of the molecule is CC(O[SiH3])C(Cl)(Cl)C(Cl)(Cl)Cl. The molecule has 0 saturated heterocycles. The Hall–Kier alpha value is 1.63. The molecule has 0 radical (unpaired) electrons. The number of rotatable bonds is 2. The van der Waals surface area contributed by atoms with Crippen molar-refractivity contribution >= 4 is 68.5 Å². The maximum absolute atomic E-state index is 5.73. The molecule has 0 amide bonds. The first-order chi connectivity index (χ1) is 4.73. The van der Waals surface area contributed by atoms with Crippen LogP contribution in [0.3, 0.4) is 0 Å². The van der Waals surface area contributed by atoms with E-state index in [1.165, 1.54) is 0 Å². The maximum Gasteiger partial charge on any atom is 0.225 e. The predicted molar refractivity (Wildman–Crippen MR) is 55.2 cm³/mol. The molecule has 0 aromatic rings. The Morgan fingerprint density at radius 2 is 1.55 bits per heavy atom. The Labute approximate surface area is 93.8 Å². The van der Waals surface area contributed by atoms with Crippen LogP contribution >= 0.6 is 58.0 Å². The molecule has 0 aliphatic carbocycles. The fourth-order valence-corrected chi connectivity index (χ4v) is 1.67. The van der Waals surface area contributed by atoms with Crippen molar-refractivity contribution in [2.75, 3.05) is 0 Å². The second kappa shape index (κ2) is 4.23. The number of alkyl halides is 5. The highest BCUT2D eigenvalue weighted by Crippen LogP contribution is 2.48. The summed E-state index contributed by atoms with van der Waals surface area (Å²) in [4.78, 5) is 0. The molecule has 0 aromatic carbocycles. The third-order valence-electron chi connectivity index (χ3n) is 1.24. The van der Waals surface area contributed by atoms with Crippen LogP contribution in [0.5, 0.6) is 0 Å². The summed E-state index contributed by atoms with van der Waals surface area (Å²) in [5.74, 6) is 0. The monoisotopic (exact) mass is 274 g/mol. The van der Waals surface area contributed by atoms with Gasteiger partial charge in [-0.15, -0.1) is 0 Å². The molecule has 1 unspecified atom stereocenters. The summed E-state index contributed by atoms with van der Waals surface area (Å²) in [6, 6.07) is 0. The van der Waals surface area contributed by atoms with Gasteiger partial charge < -0.3 is 4.43 Å². The van der Waals surface area contributed by atoms with E-state index in [-0.39, 0.29) is 0 Å². The van der Waals surface area contributed by atoms with Crippen LogP contribution in [0, 0.1) is 0 Å². The van der Waals surface area contributed by atoms with Crippen LogP contribution in [0.1, 0.15) is 6.92 Å². The van der Waals surface area contributed by atoms with E-state index in [0.29, 0.717) is 10.5 Å². The van der Waals surface area contributed by atoms with E-state index in [4.69, 9.17) is 62.4 Å². The van der Waals surface area contributed by atoms with Crippen LogP contribution < -0.4 is 0 Å². The van der Waals surface area contributed by atoms with Crippen LogP contribution in [0.15, 0.2) is 0 Å². The van der Waals surface area contributed by atoms with Gasteiger partial charge in [0.05, 0.1) is 6.10 Å². The van der Waals surface area contributed by atoms with Gasteiger partial charge in [0.1, 0.15) is 10.5 Å². The van der Waals surface area contributed by atoms with Gasteiger partial charge in [0.25, 0.3) is 0 Å². The topological polar surface area (TPSA) is 9.23 Å². The molecule has 0 aliphatic rings. The van der Waals surface area contributed by atoms with Crippen LogP contribution in [-0.4, -0.2) is 24.7 Å². The quantitative estimate of drug-likeness (QED) is 0.555. The van der Waals surface area contributed by atoms with E-state index in [2.05, 4.69) is 0 Å². The van der Waals surface area contributed by atoms with Gasteiger partial charge in [0.15, 0.2) is 4.33 Å². The van der Waals surface area contributed by atoms with E-state index in [9.17, 15) is 0 Å². The minimum atomic E-state index is -1.74. The molecule has 0 aliphatic heterocycles. The molecule has 11 heavy (non-hydrogen) atoms. The third-order valence-corrected chi connectivity index (χ3v) is 4.61. The molecule has 1 nitrogen and oxygen atoms in total. The summed E-state index contributed by atoms with van der Waals surface area (Å²) in [5, 5.41) is 0. The van der Waals surface area contributed by atoms with Gasteiger partial charge in [-0.2, -0.15) is 0 Å². The van der Waals surface area contributed by atoms with Crippen molar-refractivity contribution in [3.8, 4) is 0 Å². The molecule has 68 valence electrons. The summed E-state index contributed by atoms with van der Waals surface area (Å²) in [5.41, 5.74) is 0. The fourth-order valence-electron chi connectivity index (χ4n) is 0.378. The lowest BCUT2D eigenvalue weighted by molar-refractivity contribution is 0.222. The summed E-state index contributed by atoms with van der Waals surface area (Å²) in [6.07, 6.45) is -0.495. The molecule has 0 rings (SSSR count). The van der Waals surface area contributed by atoms with Crippen molar-refractivity contribution in [3.63, 3.8) is 0 Å². The van der Waals surface area contributed by atoms with Gasteiger partial charge >= 0.3 is 0 Å². The first-order valence-electron chi connectivity index (χ1n) is 2.70. The van der Waals surface area contributed by atoms with Gasteiger partial charge in [-0.1, -0.05) is 58.0 Å². The zero-order valence-electron chi connectivity index (χ0n) is 5.88. The highest BCUT2D eigenvalue weighted by atomic mass is 35.6.